The lowest BCUT2D eigenvalue weighted by atomic mass is 10.3. The van der Waals surface area contributed by atoms with Crippen molar-refractivity contribution in [3.8, 4) is 17.2 Å². The largest absolute Gasteiger partial charge is 0.494 e. The highest BCUT2D eigenvalue weighted by atomic mass is 79.9. The number of rotatable bonds is 8. The highest BCUT2D eigenvalue weighted by Crippen LogP contribution is 2.33. The van der Waals surface area contributed by atoms with Crippen LogP contribution in [0.1, 0.15) is 32.0 Å². The van der Waals surface area contributed by atoms with Gasteiger partial charge in [-0.2, -0.15) is 0 Å². The van der Waals surface area contributed by atoms with Crippen LogP contribution in [-0.2, 0) is 11.4 Å². The van der Waals surface area contributed by atoms with Gasteiger partial charge in [0.05, 0.1) is 11.9 Å². The second kappa shape index (κ2) is 9.66. The number of ether oxygens (including phenoxy) is 2. The van der Waals surface area contributed by atoms with Crippen molar-refractivity contribution in [2.45, 2.75) is 43.2 Å². The van der Waals surface area contributed by atoms with E-state index in [1.807, 2.05) is 60.0 Å². The first kappa shape index (κ1) is 20.9. The summed E-state index contributed by atoms with van der Waals surface area (Å²) in [5.74, 6) is 2.52. The third-order valence-corrected chi connectivity index (χ3v) is 6.57. The molecular formula is C22H22BrN3O3S. The molecule has 156 valence electrons. The monoisotopic (exact) mass is 487 g/mol. The average Bonchev–Trinajstić information content (AvgIpc) is 3.35. The molecular weight excluding hydrogens is 466 g/mol. The van der Waals surface area contributed by atoms with Gasteiger partial charge >= 0.3 is 0 Å². The summed E-state index contributed by atoms with van der Waals surface area (Å²) in [5.41, 5.74) is 0.908. The molecule has 1 aliphatic carbocycles. The van der Waals surface area contributed by atoms with Gasteiger partial charge in [-0.3, -0.25) is 9.36 Å². The van der Waals surface area contributed by atoms with E-state index in [1.54, 1.807) is 0 Å². The molecule has 1 atom stereocenters. The van der Waals surface area contributed by atoms with Gasteiger partial charge in [0.25, 0.3) is 0 Å². The zero-order valence-electron chi connectivity index (χ0n) is 16.6. The van der Waals surface area contributed by atoms with E-state index in [0.29, 0.717) is 24.0 Å². The van der Waals surface area contributed by atoms with E-state index in [-0.39, 0.29) is 17.6 Å². The fourth-order valence-electron chi connectivity index (χ4n) is 3.30. The molecule has 2 aromatic carbocycles. The molecule has 0 spiro atoms. The summed E-state index contributed by atoms with van der Waals surface area (Å²) < 4.78 is 14.4. The number of ketones is 1. The normalized spacial score (nSPS) is 16.1. The molecule has 0 unspecified atom stereocenters. The van der Waals surface area contributed by atoms with E-state index in [0.717, 1.165) is 34.5 Å². The Bertz CT molecular complexity index is 1010. The molecule has 6 nitrogen and oxygen atoms in total. The molecule has 1 aliphatic rings. The molecule has 1 saturated carbocycles. The number of hydrogen-bond donors (Lipinski definition) is 0. The molecule has 3 aromatic rings. The van der Waals surface area contributed by atoms with Crippen LogP contribution in [0.4, 0.5) is 0 Å². The third-order valence-electron chi connectivity index (χ3n) is 4.78. The SMILES string of the molecule is CCOc1ccc(-n2c(COc3ccc(Br)cc3)nnc2S[C@H]2CCCC2=O)cc1. The van der Waals surface area contributed by atoms with Crippen molar-refractivity contribution in [2.24, 2.45) is 0 Å². The lowest BCUT2D eigenvalue weighted by Crippen LogP contribution is -2.11. The Labute approximate surface area is 188 Å². The van der Waals surface area contributed by atoms with Crippen LogP contribution in [0.5, 0.6) is 11.5 Å². The van der Waals surface area contributed by atoms with Crippen molar-refractivity contribution in [2.75, 3.05) is 6.61 Å². The van der Waals surface area contributed by atoms with Crippen LogP contribution in [0, 0.1) is 0 Å². The van der Waals surface area contributed by atoms with E-state index >= 15 is 0 Å². The molecule has 1 aromatic heterocycles. The van der Waals surface area contributed by atoms with E-state index in [9.17, 15) is 4.79 Å². The number of halogens is 1. The first-order valence-electron chi connectivity index (χ1n) is 9.89. The number of hydrogen-bond acceptors (Lipinski definition) is 6. The van der Waals surface area contributed by atoms with E-state index in [1.165, 1.54) is 11.8 Å². The maximum atomic E-state index is 12.2. The summed E-state index contributed by atoms with van der Waals surface area (Å²) in [7, 11) is 0. The van der Waals surface area contributed by atoms with Gasteiger partial charge in [0.1, 0.15) is 23.9 Å². The number of nitrogens with zero attached hydrogens (tertiary/aromatic N) is 3. The van der Waals surface area contributed by atoms with E-state index in [2.05, 4.69) is 26.1 Å². The van der Waals surface area contributed by atoms with Crippen LogP contribution in [0.25, 0.3) is 5.69 Å². The second-order valence-corrected chi connectivity index (χ2v) is 8.95. The number of aromatic nitrogens is 3. The Balaban J connectivity index is 1.61. The molecule has 0 radical (unpaired) electrons. The summed E-state index contributed by atoms with van der Waals surface area (Å²) in [6, 6.07) is 15.4. The van der Waals surface area contributed by atoms with Crippen LogP contribution in [0.3, 0.4) is 0 Å². The van der Waals surface area contributed by atoms with Crippen LogP contribution in [0.2, 0.25) is 0 Å². The molecule has 8 heteroatoms. The van der Waals surface area contributed by atoms with Gasteiger partial charge in [0.15, 0.2) is 11.0 Å². The molecule has 0 bridgehead atoms. The van der Waals surface area contributed by atoms with Crippen molar-refractivity contribution in [1.82, 2.24) is 14.8 Å². The first-order valence-corrected chi connectivity index (χ1v) is 11.6. The van der Waals surface area contributed by atoms with Crippen molar-refractivity contribution < 1.29 is 14.3 Å². The van der Waals surface area contributed by atoms with Gasteiger partial charge in [0.2, 0.25) is 0 Å². The van der Waals surface area contributed by atoms with Crippen LogP contribution in [0.15, 0.2) is 58.2 Å². The van der Waals surface area contributed by atoms with Gasteiger partial charge < -0.3 is 9.47 Å². The quantitative estimate of drug-likeness (QED) is 0.433. The standard InChI is InChI=1S/C22H22BrN3O3S/c1-2-28-17-12-8-16(9-13-17)26-21(14-29-18-10-6-15(23)7-11-18)24-25-22(26)30-20-5-3-4-19(20)27/h6-13,20H,2-5,14H2,1H3/t20-/m0/s1. The minimum Gasteiger partial charge on any atom is -0.494 e. The molecule has 30 heavy (non-hydrogen) atoms. The predicted molar refractivity (Wildman–Crippen MR) is 120 cm³/mol. The topological polar surface area (TPSA) is 66.2 Å². The summed E-state index contributed by atoms with van der Waals surface area (Å²) in [5, 5.41) is 9.39. The van der Waals surface area contributed by atoms with Gasteiger partial charge in [-0.1, -0.05) is 27.7 Å². The molecule has 0 aliphatic heterocycles. The number of Topliss-reactive ketones (excluding diaryl/α,β-unsaturated/α-hetero) is 1. The Hall–Kier alpha value is -2.32. The smallest absolute Gasteiger partial charge is 0.196 e. The molecule has 4 rings (SSSR count). The average molecular weight is 488 g/mol. The lowest BCUT2D eigenvalue weighted by molar-refractivity contribution is -0.116. The Morgan fingerprint density at radius 3 is 2.43 bits per heavy atom. The van der Waals surface area contributed by atoms with E-state index in [4.69, 9.17) is 9.47 Å². The Kier molecular flexibility index (Phi) is 6.74. The van der Waals surface area contributed by atoms with Crippen LogP contribution in [-0.4, -0.2) is 32.4 Å². The number of benzene rings is 2. The maximum absolute atomic E-state index is 12.2. The molecule has 0 amide bonds. The molecule has 0 saturated heterocycles. The molecule has 1 heterocycles. The third kappa shape index (κ3) is 4.87. The maximum Gasteiger partial charge on any atom is 0.196 e. The lowest BCUT2D eigenvalue weighted by Gasteiger charge is -2.13. The Morgan fingerprint density at radius 1 is 1.07 bits per heavy atom. The summed E-state index contributed by atoms with van der Waals surface area (Å²) in [6.07, 6.45) is 2.46. The second-order valence-electron chi connectivity index (χ2n) is 6.87. The molecule has 1 fully saturated rings. The number of thioether (sulfide) groups is 1. The van der Waals surface area contributed by atoms with Gasteiger partial charge in [-0.05, 0) is 68.3 Å². The summed E-state index contributed by atoms with van der Waals surface area (Å²) >= 11 is 4.91. The highest BCUT2D eigenvalue weighted by Gasteiger charge is 2.28. The van der Waals surface area contributed by atoms with Crippen molar-refractivity contribution in [3.63, 3.8) is 0 Å². The first-order chi connectivity index (χ1) is 14.6. The summed E-state index contributed by atoms with van der Waals surface area (Å²) in [4.78, 5) is 12.2. The Morgan fingerprint density at radius 2 is 1.77 bits per heavy atom. The molecule has 0 N–H and O–H groups in total. The van der Waals surface area contributed by atoms with Crippen LogP contribution >= 0.6 is 27.7 Å². The highest BCUT2D eigenvalue weighted by molar-refractivity contribution is 9.10. The van der Waals surface area contributed by atoms with Crippen molar-refractivity contribution in [3.05, 3.63) is 58.8 Å². The van der Waals surface area contributed by atoms with Crippen molar-refractivity contribution in [1.29, 1.82) is 0 Å². The fourth-order valence-corrected chi connectivity index (χ4v) is 4.76. The summed E-state index contributed by atoms with van der Waals surface area (Å²) in [6.45, 7) is 2.84. The van der Waals surface area contributed by atoms with Crippen LogP contribution < -0.4 is 9.47 Å². The van der Waals surface area contributed by atoms with Gasteiger partial charge in [-0.25, -0.2) is 0 Å². The van der Waals surface area contributed by atoms with Gasteiger partial charge in [-0.15, -0.1) is 10.2 Å². The fraction of sp³-hybridized carbons (Fsp3) is 0.318. The zero-order valence-corrected chi connectivity index (χ0v) is 19.0. The number of carbonyl (C=O) groups is 1. The van der Waals surface area contributed by atoms with E-state index < -0.39 is 0 Å². The minimum absolute atomic E-state index is 0.0594. The zero-order chi connectivity index (χ0) is 20.9. The van der Waals surface area contributed by atoms with Gasteiger partial charge in [0, 0.05) is 16.6 Å². The minimum atomic E-state index is -0.0594. The predicted octanol–water partition coefficient (Wildman–Crippen LogP) is 5.22. The number of carbonyl (C=O) groups excluding carboxylic acids is 1. The van der Waals surface area contributed by atoms with Crippen molar-refractivity contribution >= 4 is 33.5 Å².